The van der Waals surface area contributed by atoms with Crippen LogP contribution in [0.4, 0.5) is 0 Å². The van der Waals surface area contributed by atoms with E-state index in [1.807, 2.05) is 56.3 Å². The van der Waals surface area contributed by atoms with Crippen molar-refractivity contribution in [1.82, 2.24) is 10.6 Å². The van der Waals surface area contributed by atoms with Gasteiger partial charge in [-0.1, -0.05) is 54.6 Å². The van der Waals surface area contributed by atoms with Gasteiger partial charge in [-0.15, -0.1) is 0 Å². The van der Waals surface area contributed by atoms with Crippen LogP contribution in [0.25, 0.3) is 0 Å². The minimum atomic E-state index is -0.478. The molecule has 5 nitrogen and oxygen atoms in total. The quantitative estimate of drug-likeness (QED) is 0.444. The van der Waals surface area contributed by atoms with Crippen molar-refractivity contribution in [2.45, 2.75) is 39.5 Å². The Balaban J connectivity index is 1.90. The Kier molecular flexibility index (Phi) is 9.38. The molecule has 0 heterocycles. The molecule has 1 unspecified atom stereocenters. The van der Waals surface area contributed by atoms with Crippen molar-refractivity contribution in [2.75, 3.05) is 19.7 Å². The number of nitrogens with one attached hydrogen (secondary N) is 2. The molecule has 0 aliphatic rings. The van der Waals surface area contributed by atoms with Gasteiger partial charge in [0.05, 0.1) is 19.3 Å². The second kappa shape index (κ2) is 12.1. The molecule has 0 saturated heterocycles. The number of aliphatic hydroxyl groups excluding tert-OH is 1. The minimum absolute atomic E-state index is 0.478. The summed E-state index contributed by atoms with van der Waals surface area (Å²) in [7, 11) is 0. The first-order valence-electron chi connectivity index (χ1n) is 9.64. The summed E-state index contributed by atoms with van der Waals surface area (Å²) < 4.78 is 5.54. The smallest absolute Gasteiger partial charge is 0.191 e. The van der Waals surface area contributed by atoms with E-state index in [-0.39, 0.29) is 0 Å². The van der Waals surface area contributed by atoms with Crippen LogP contribution in [0.3, 0.4) is 0 Å². The molecule has 0 fully saturated rings. The fraction of sp³-hybridized carbons (Fsp3) is 0.409. The van der Waals surface area contributed by atoms with Crippen molar-refractivity contribution >= 4 is 5.96 Å². The van der Waals surface area contributed by atoms with Gasteiger partial charge in [-0.2, -0.15) is 0 Å². The molecule has 0 radical (unpaired) electrons. The molecule has 0 bridgehead atoms. The summed E-state index contributed by atoms with van der Waals surface area (Å²) in [6.07, 6.45) is 0.142. The van der Waals surface area contributed by atoms with E-state index >= 15 is 0 Å². The molecule has 0 spiro atoms. The Hall–Kier alpha value is -2.37. The number of benzene rings is 2. The number of aliphatic imine (C=N–C) groups is 1. The summed E-state index contributed by atoms with van der Waals surface area (Å²) in [5, 5.41) is 16.8. The van der Waals surface area contributed by atoms with Gasteiger partial charge in [0.25, 0.3) is 0 Å². The van der Waals surface area contributed by atoms with Gasteiger partial charge in [0.2, 0.25) is 0 Å². The van der Waals surface area contributed by atoms with Crippen molar-refractivity contribution in [3.8, 4) is 0 Å². The zero-order chi connectivity index (χ0) is 19.3. The molecule has 5 heteroatoms. The van der Waals surface area contributed by atoms with Gasteiger partial charge in [0, 0.05) is 19.7 Å². The SMILES string of the molecule is CCNC(=NCc1ccccc1COCC)NCCC(O)c1ccccc1. The van der Waals surface area contributed by atoms with Crippen LogP contribution in [0.1, 0.15) is 43.1 Å². The second-order valence-electron chi connectivity index (χ2n) is 6.24. The van der Waals surface area contributed by atoms with Gasteiger partial charge >= 0.3 is 0 Å². The van der Waals surface area contributed by atoms with Crippen LogP contribution in [0.2, 0.25) is 0 Å². The average Bonchev–Trinajstić information content (AvgIpc) is 2.71. The molecule has 2 aromatic rings. The van der Waals surface area contributed by atoms with Crippen LogP contribution in [-0.2, 0) is 17.9 Å². The molecular formula is C22H31N3O2. The van der Waals surface area contributed by atoms with E-state index in [0.29, 0.717) is 32.7 Å². The molecule has 146 valence electrons. The topological polar surface area (TPSA) is 65.9 Å². The van der Waals surface area contributed by atoms with Gasteiger partial charge in [-0.3, -0.25) is 0 Å². The van der Waals surface area contributed by atoms with Crippen molar-refractivity contribution in [2.24, 2.45) is 4.99 Å². The van der Waals surface area contributed by atoms with Crippen LogP contribution in [-0.4, -0.2) is 30.8 Å². The van der Waals surface area contributed by atoms with E-state index in [0.717, 1.165) is 23.6 Å². The van der Waals surface area contributed by atoms with Crippen LogP contribution >= 0.6 is 0 Å². The molecule has 2 aromatic carbocycles. The maximum Gasteiger partial charge on any atom is 0.191 e. The summed E-state index contributed by atoms with van der Waals surface area (Å²) in [5.74, 6) is 0.754. The van der Waals surface area contributed by atoms with E-state index < -0.39 is 6.10 Å². The molecule has 0 aromatic heterocycles. The Morgan fingerprint density at radius 1 is 1.00 bits per heavy atom. The van der Waals surface area contributed by atoms with Crippen molar-refractivity contribution in [3.63, 3.8) is 0 Å². The van der Waals surface area contributed by atoms with Crippen molar-refractivity contribution < 1.29 is 9.84 Å². The Bertz CT molecular complexity index is 689. The predicted molar refractivity (Wildman–Crippen MR) is 111 cm³/mol. The molecule has 0 saturated carbocycles. The summed E-state index contributed by atoms with van der Waals surface area (Å²) in [6.45, 7) is 7.35. The van der Waals surface area contributed by atoms with Crippen molar-refractivity contribution in [3.05, 3.63) is 71.3 Å². The van der Waals surface area contributed by atoms with E-state index in [4.69, 9.17) is 4.74 Å². The number of hydrogen-bond donors (Lipinski definition) is 3. The third kappa shape index (κ3) is 7.41. The number of nitrogens with zero attached hydrogens (tertiary/aromatic N) is 1. The first kappa shape index (κ1) is 20.9. The van der Waals surface area contributed by atoms with E-state index in [1.165, 1.54) is 5.56 Å². The highest BCUT2D eigenvalue weighted by atomic mass is 16.5. The van der Waals surface area contributed by atoms with Gasteiger partial charge in [0.1, 0.15) is 0 Å². The number of aliphatic hydroxyl groups is 1. The summed E-state index contributed by atoms with van der Waals surface area (Å²) in [4.78, 5) is 4.68. The van der Waals surface area contributed by atoms with E-state index in [2.05, 4.69) is 27.8 Å². The lowest BCUT2D eigenvalue weighted by Gasteiger charge is -2.15. The highest BCUT2D eigenvalue weighted by molar-refractivity contribution is 5.79. The first-order chi connectivity index (χ1) is 13.2. The van der Waals surface area contributed by atoms with Gasteiger partial charge < -0.3 is 20.5 Å². The highest BCUT2D eigenvalue weighted by Gasteiger charge is 2.07. The molecule has 0 aliphatic carbocycles. The van der Waals surface area contributed by atoms with E-state index in [9.17, 15) is 5.11 Å². The summed E-state index contributed by atoms with van der Waals surface area (Å²) in [5.41, 5.74) is 3.26. The van der Waals surface area contributed by atoms with Crippen LogP contribution in [0, 0.1) is 0 Å². The third-order valence-corrected chi connectivity index (χ3v) is 4.23. The Labute approximate surface area is 162 Å². The summed E-state index contributed by atoms with van der Waals surface area (Å²) in [6, 6.07) is 17.9. The van der Waals surface area contributed by atoms with Gasteiger partial charge in [0.15, 0.2) is 5.96 Å². The number of ether oxygens (including phenoxy) is 1. The lowest BCUT2D eigenvalue weighted by molar-refractivity contribution is 0.133. The number of guanidine groups is 1. The fourth-order valence-corrected chi connectivity index (χ4v) is 2.74. The highest BCUT2D eigenvalue weighted by Crippen LogP contribution is 2.15. The maximum atomic E-state index is 10.3. The van der Waals surface area contributed by atoms with E-state index in [1.54, 1.807) is 0 Å². The molecule has 27 heavy (non-hydrogen) atoms. The molecule has 0 aliphatic heterocycles. The third-order valence-electron chi connectivity index (χ3n) is 4.23. The maximum absolute atomic E-state index is 10.3. The Morgan fingerprint density at radius 2 is 1.70 bits per heavy atom. The Morgan fingerprint density at radius 3 is 2.41 bits per heavy atom. The molecular weight excluding hydrogens is 338 g/mol. The predicted octanol–water partition coefficient (Wildman–Crippen LogP) is 3.40. The summed E-state index contributed by atoms with van der Waals surface area (Å²) >= 11 is 0. The molecule has 2 rings (SSSR count). The first-order valence-corrected chi connectivity index (χ1v) is 9.64. The van der Waals surface area contributed by atoms with Crippen LogP contribution in [0.15, 0.2) is 59.6 Å². The molecule has 0 amide bonds. The van der Waals surface area contributed by atoms with Crippen LogP contribution in [0.5, 0.6) is 0 Å². The molecule has 3 N–H and O–H groups in total. The van der Waals surface area contributed by atoms with Crippen LogP contribution < -0.4 is 10.6 Å². The number of hydrogen-bond acceptors (Lipinski definition) is 3. The second-order valence-corrected chi connectivity index (χ2v) is 6.24. The molecule has 1 atom stereocenters. The standard InChI is InChI=1S/C22H31N3O2/c1-3-23-22(24-15-14-21(26)18-10-6-5-7-11-18)25-16-19-12-8-9-13-20(19)17-27-4-2/h5-13,21,26H,3-4,14-17H2,1-2H3,(H2,23,24,25). The van der Waals surface area contributed by atoms with Gasteiger partial charge in [-0.05, 0) is 37.0 Å². The average molecular weight is 370 g/mol. The van der Waals surface area contributed by atoms with Crippen molar-refractivity contribution in [1.29, 1.82) is 0 Å². The number of rotatable bonds is 10. The zero-order valence-electron chi connectivity index (χ0n) is 16.3. The normalized spacial score (nSPS) is 12.6. The lowest BCUT2D eigenvalue weighted by Crippen LogP contribution is -2.38. The van der Waals surface area contributed by atoms with Gasteiger partial charge in [-0.25, -0.2) is 4.99 Å². The monoisotopic (exact) mass is 369 g/mol. The fourth-order valence-electron chi connectivity index (χ4n) is 2.74. The zero-order valence-corrected chi connectivity index (χ0v) is 16.3. The minimum Gasteiger partial charge on any atom is -0.388 e. The lowest BCUT2D eigenvalue weighted by atomic mass is 10.1. The largest absolute Gasteiger partial charge is 0.388 e.